The lowest BCUT2D eigenvalue weighted by molar-refractivity contribution is 0.0944. The number of amides is 1. The molecule has 0 saturated heterocycles. The van der Waals surface area contributed by atoms with E-state index < -0.39 is 10.0 Å². The lowest BCUT2D eigenvalue weighted by Gasteiger charge is -2.01. The van der Waals surface area contributed by atoms with E-state index in [1.807, 2.05) is 0 Å². The van der Waals surface area contributed by atoms with Gasteiger partial charge in [0.05, 0.1) is 4.90 Å². The average Bonchev–Trinajstić information content (AvgIpc) is 2.79. The van der Waals surface area contributed by atoms with Crippen LogP contribution in [-0.4, -0.2) is 25.4 Å². The zero-order valence-electron chi connectivity index (χ0n) is 9.43. The molecule has 17 heavy (non-hydrogen) atoms. The lowest BCUT2D eigenvalue weighted by Crippen LogP contribution is -2.27. The van der Waals surface area contributed by atoms with Gasteiger partial charge >= 0.3 is 0 Å². The van der Waals surface area contributed by atoms with Crippen molar-refractivity contribution in [2.24, 2.45) is 11.1 Å². The highest BCUT2D eigenvalue weighted by Gasteiger charge is 2.36. The van der Waals surface area contributed by atoms with Crippen molar-refractivity contribution in [3.8, 4) is 0 Å². The van der Waals surface area contributed by atoms with Gasteiger partial charge in [0.1, 0.15) is 5.69 Å². The van der Waals surface area contributed by atoms with Crippen LogP contribution in [0.15, 0.2) is 17.2 Å². The summed E-state index contributed by atoms with van der Waals surface area (Å²) in [6.45, 7) is 2.07. The zero-order chi connectivity index (χ0) is 12.6. The predicted octanol–water partition coefficient (Wildman–Crippen LogP) is 0.190. The van der Waals surface area contributed by atoms with Gasteiger partial charge in [0.25, 0.3) is 5.91 Å². The van der Waals surface area contributed by atoms with E-state index in [0.717, 1.165) is 12.8 Å². The van der Waals surface area contributed by atoms with Gasteiger partial charge in [-0.2, -0.15) is 0 Å². The van der Waals surface area contributed by atoms with E-state index >= 15 is 0 Å². The number of hydrogen-bond acceptors (Lipinski definition) is 3. The van der Waals surface area contributed by atoms with Gasteiger partial charge < -0.3 is 10.3 Å². The SMILES string of the molecule is CCC1CC1NC(=O)c1cc(S(N)(=O)=O)c[nH]1. The highest BCUT2D eigenvalue weighted by atomic mass is 32.2. The van der Waals surface area contributed by atoms with Crippen LogP contribution in [0.25, 0.3) is 0 Å². The largest absolute Gasteiger partial charge is 0.356 e. The molecule has 2 rings (SSSR count). The van der Waals surface area contributed by atoms with Crippen LogP contribution in [0, 0.1) is 5.92 Å². The van der Waals surface area contributed by atoms with Gasteiger partial charge in [-0.1, -0.05) is 13.3 Å². The summed E-state index contributed by atoms with van der Waals surface area (Å²) in [4.78, 5) is 14.2. The Hall–Kier alpha value is -1.34. The monoisotopic (exact) mass is 257 g/mol. The van der Waals surface area contributed by atoms with Gasteiger partial charge in [-0.3, -0.25) is 4.79 Å². The zero-order valence-corrected chi connectivity index (χ0v) is 10.3. The Kier molecular flexibility index (Phi) is 2.96. The molecular formula is C10H15N3O3S. The maximum atomic E-state index is 11.7. The molecule has 6 nitrogen and oxygen atoms in total. The third kappa shape index (κ3) is 2.67. The Labute approximate surface area is 99.6 Å². The van der Waals surface area contributed by atoms with Gasteiger partial charge in [0, 0.05) is 12.2 Å². The number of aromatic amines is 1. The minimum absolute atomic E-state index is 0.0783. The van der Waals surface area contributed by atoms with Crippen LogP contribution >= 0.6 is 0 Å². The van der Waals surface area contributed by atoms with Crippen LogP contribution in [0.5, 0.6) is 0 Å². The van der Waals surface area contributed by atoms with Gasteiger partial charge in [-0.25, -0.2) is 13.6 Å². The van der Waals surface area contributed by atoms with Crippen LogP contribution in [-0.2, 0) is 10.0 Å². The fourth-order valence-corrected chi connectivity index (χ4v) is 2.30. The smallest absolute Gasteiger partial charge is 0.267 e. The number of carbonyl (C=O) groups is 1. The first-order valence-corrected chi connectivity index (χ1v) is 6.98. The number of rotatable bonds is 4. The van der Waals surface area contributed by atoms with Gasteiger partial charge in [0.2, 0.25) is 10.0 Å². The molecule has 0 radical (unpaired) electrons. The van der Waals surface area contributed by atoms with Crippen LogP contribution < -0.4 is 10.5 Å². The number of aromatic nitrogens is 1. The highest BCUT2D eigenvalue weighted by Crippen LogP contribution is 2.33. The van der Waals surface area contributed by atoms with Crippen molar-refractivity contribution in [2.75, 3.05) is 0 Å². The van der Waals surface area contributed by atoms with Crippen LogP contribution in [0.2, 0.25) is 0 Å². The van der Waals surface area contributed by atoms with Crippen LogP contribution in [0.3, 0.4) is 0 Å². The number of nitrogens with one attached hydrogen (secondary N) is 2. The minimum Gasteiger partial charge on any atom is -0.356 e. The number of sulfonamides is 1. The second-order valence-corrected chi connectivity index (χ2v) is 5.84. The van der Waals surface area contributed by atoms with Crippen molar-refractivity contribution in [1.82, 2.24) is 10.3 Å². The maximum Gasteiger partial charge on any atom is 0.267 e. The molecule has 1 amide bonds. The Bertz CT molecular complexity index is 535. The van der Waals surface area contributed by atoms with E-state index in [1.54, 1.807) is 0 Å². The molecular weight excluding hydrogens is 242 g/mol. The average molecular weight is 257 g/mol. The van der Waals surface area contributed by atoms with E-state index in [9.17, 15) is 13.2 Å². The molecule has 1 aromatic heterocycles. The Morgan fingerprint density at radius 1 is 1.65 bits per heavy atom. The summed E-state index contributed by atoms with van der Waals surface area (Å²) in [6, 6.07) is 1.46. The highest BCUT2D eigenvalue weighted by molar-refractivity contribution is 7.89. The summed E-state index contributed by atoms with van der Waals surface area (Å²) < 4.78 is 22.1. The van der Waals surface area contributed by atoms with E-state index in [0.29, 0.717) is 5.92 Å². The van der Waals surface area contributed by atoms with E-state index in [2.05, 4.69) is 17.2 Å². The molecule has 2 atom stereocenters. The fourth-order valence-electron chi connectivity index (χ4n) is 1.79. The standard InChI is InChI=1S/C10H15N3O3S/c1-2-6-3-8(6)13-10(14)9-4-7(5-12-9)17(11,15)16/h4-6,8,12H,2-3H2,1H3,(H,13,14)(H2,11,15,16). The molecule has 0 spiro atoms. The predicted molar refractivity (Wildman–Crippen MR) is 61.8 cm³/mol. The first kappa shape index (κ1) is 12.1. The molecule has 7 heteroatoms. The molecule has 4 N–H and O–H groups in total. The number of nitrogens with two attached hydrogens (primary N) is 1. The molecule has 1 saturated carbocycles. The lowest BCUT2D eigenvalue weighted by atomic mass is 10.3. The normalized spacial score (nSPS) is 23.4. The molecule has 1 aliphatic carbocycles. The van der Waals surface area contributed by atoms with Crippen LogP contribution in [0.1, 0.15) is 30.3 Å². The summed E-state index contributed by atoms with van der Waals surface area (Å²) in [7, 11) is -3.76. The molecule has 1 heterocycles. The third-order valence-electron chi connectivity index (χ3n) is 2.99. The summed E-state index contributed by atoms with van der Waals surface area (Å²) in [5.41, 5.74) is 0.218. The summed E-state index contributed by atoms with van der Waals surface area (Å²) in [5, 5.41) is 7.78. The minimum atomic E-state index is -3.76. The van der Waals surface area contributed by atoms with E-state index in [1.165, 1.54) is 12.3 Å². The molecule has 1 aromatic rings. The van der Waals surface area contributed by atoms with Crippen molar-refractivity contribution in [3.05, 3.63) is 18.0 Å². The Balaban J connectivity index is 2.03. The summed E-state index contributed by atoms with van der Waals surface area (Å²) in [5.74, 6) is 0.257. The number of carbonyl (C=O) groups excluding carboxylic acids is 1. The Morgan fingerprint density at radius 3 is 2.82 bits per heavy atom. The van der Waals surface area contributed by atoms with Crippen molar-refractivity contribution in [1.29, 1.82) is 0 Å². The van der Waals surface area contributed by atoms with E-state index in [-0.39, 0.29) is 22.5 Å². The molecule has 0 aromatic carbocycles. The molecule has 1 aliphatic rings. The maximum absolute atomic E-state index is 11.7. The van der Waals surface area contributed by atoms with E-state index in [4.69, 9.17) is 5.14 Å². The molecule has 0 bridgehead atoms. The first-order valence-electron chi connectivity index (χ1n) is 5.44. The number of primary sulfonamides is 1. The second-order valence-electron chi connectivity index (χ2n) is 4.28. The van der Waals surface area contributed by atoms with Gasteiger partial charge in [-0.15, -0.1) is 0 Å². The van der Waals surface area contributed by atoms with Crippen LogP contribution in [0.4, 0.5) is 0 Å². The van der Waals surface area contributed by atoms with Crippen molar-refractivity contribution >= 4 is 15.9 Å². The van der Waals surface area contributed by atoms with Crippen molar-refractivity contribution in [3.63, 3.8) is 0 Å². The van der Waals surface area contributed by atoms with Gasteiger partial charge in [0.15, 0.2) is 0 Å². The number of hydrogen-bond donors (Lipinski definition) is 3. The van der Waals surface area contributed by atoms with Gasteiger partial charge in [-0.05, 0) is 18.4 Å². The molecule has 94 valence electrons. The second kappa shape index (κ2) is 4.15. The topological polar surface area (TPSA) is 105 Å². The quantitative estimate of drug-likeness (QED) is 0.717. The number of H-pyrrole nitrogens is 1. The summed E-state index contributed by atoms with van der Waals surface area (Å²) >= 11 is 0. The van der Waals surface area contributed by atoms with Crippen molar-refractivity contribution in [2.45, 2.75) is 30.7 Å². The fraction of sp³-hybridized carbons (Fsp3) is 0.500. The molecule has 1 fully saturated rings. The Morgan fingerprint density at radius 2 is 2.35 bits per heavy atom. The van der Waals surface area contributed by atoms with Crippen molar-refractivity contribution < 1.29 is 13.2 Å². The molecule has 2 unspecified atom stereocenters. The summed E-state index contributed by atoms with van der Waals surface area (Å²) in [6.07, 6.45) is 3.25. The molecule has 0 aliphatic heterocycles. The first-order chi connectivity index (χ1) is 7.91. The third-order valence-corrected chi connectivity index (χ3v) is 3.89.